The molecule has 5 heteroatoms. The zero-order valence-corrected chi connectivity index (χ0v) is 12.8. The lowest BCUT2D eigenvalue weighted by Crippen LogP contribution is -2.38. The second kappa shape index (κ2) is 6.52. The normalized spacial score (nSPS) is 16.4. The summed E-state index contributed by atoms with van der Waals surface area (Å²) in [4.78, 5) is 6.78. The molecule has 106 valence electrons. The van der Waals surface area contributed by atoms with E-state index in [2.05, 4.69) is 25.8 Å². The van der Waals surface area contributed by atoms with E-state index in [1.807, 2.05) is 24.3 Å². The third-order valence-corrected chi connectivity index (χ3v) is 4.14. The minimum Gasteiger partial charge on any atom is -0.490 e. The van der Waals surface area contributed by atoms with Gasteiger partial charge >= 0.3 is 0 Å². The SMILES string of the molecule is Brc1ccc(OCCN2CCOCC2)c2ncccc12. The number of halogens is 1. The topological polar surface area (TPSA) is 34.6 Å². The van der Waals surface area contributed by atoms with E-state index < -0.39 is 0 Å². The lowest BCUT2D eigenvalue weighted by atomic mass is 10.2. The van der Waals surface area contributed by atoms with Crippen molar-refractivity contribution >= 4 is 26.8 Å². The van der Waals surface area contributed by atoms with Crippen LogP contribution >= 0.6 is 15.9 Å². The third-order valence-electron chi connectivity index (χ3n) is 3.45. The fourth-order valence-electron chi connectivity index (χ4n) is 2.34. The minimum atomic E-state index is 0.674. The first-order valence-corrected chi connectivity index (χ1v) is 7.60. The molecule has 0 radical (unpaired) electrons. The molecule has 2 aromatic rings. The van der Waals surface area contributed by atoms with Gasteiger partial charge in [0.15, 0.2) is 0 Å². The second-order valence-electron chi connectivity index (χ2n) is 4.75. The fourth-order valence-corrected chi connectivity index (χ4v) is 2.79. The summed E-state index contributed by atoms with van der Waals surface area (Å²) in [5, 5.41) is 1.08. The summed E-state index contributed by atoms with van der Waals surface area (Å²) in [5.41, 5.74) is 0.906. The molecule has 1 aromatic heterocycles. The van der Waals surface area contributed by atoms with Gasteiger partial charge in [-0.3, -0.25) is 9.88 Å². The average Bonchev–Trinajstić information content (AvgIpc) is 2.51. The first-order valence-electron chi connectivity index (χ1n) is 6.81. The Morgan fingerprint density at radius 3 is 2.95 bits per heavy atom. The molecular formula is C15H17BrN2O2. The fraction of sp³-hybridized carbons (Fsp3) is 0.400. The van der Waals surface area contributed by atoms with Crippen LogP contribution in [0.15, 0.2) is 34.9 Å². The van der Waals surface area contributed by atoms with E-state index in [1.165, 1.54) is 0 Å². The van der Waals surface area contributed by atoms with Crippen LogP contribution in [0.2, 0.25) is 0 Å². The third kappa shape index (κ3) is 3.11. The lowest BCUT2D eigenvalue weighted by Gasteiger charge is -2.26. The maximum absolute atomic E-state index is 5.91. The van der Waals surface area contributed by atoms with Crippen LogP contribution in [0.25, 0.3) is 10.9 Å². The van der Waals surface area contributed by atoms with Crippen molar-refractivity contribution < 1.29 is 9.47 Å². The molecule has 2 heterocycles. The Bertz CT molecular complexity index is 585. The number of hydrogen-bond donors (Lipinski definition) is 0. The predicted octanol–water partition coefficient (Wildman–Crippen LogP) is 2.71. The van der Waals surface area contributed by atoms with Crippen LogP contribution in [0.1, 0.15) is 0 Å². The first kappa shape index (κ1) is 13.8. The molecule has 20 heavy (non-hydrogen) atoms. The van der Waals surface area contributed by atoms with Crippen molar-refractivity contribution in [2.24, 2.45) is 0 Å². The second-order valence-corrected chi connectivity index (χ2v) is 5.60. The van der Waals surface area contributed by atoms with Gasteiger partial charge in [0.25, 0.3) is 0 Å². The molecule has 3 rings (SSSR count). The van der Waals surface area contributed by atoms with Crippen molar-refractivity contribution in [2.45, 2.75) is 0 Å². The van der Waals surface area contributed by atoms with Crippen molar-refractivity contribution in [3.05, 3.63) is 34.9 Å². The van der Waals surface area contributed by atoms with Crippen LogP contribution in [-0.2, 0) is 4.74 Å². The maximum Gasteiger partial charge on any atom is 0.145 e. The summed E-state index contributed by atoms with van der Waals surface area (Å²) in [6.45, 7) is 5.22. The molecule has 0 bridgehead atoms. The Hall–Kier alpha value is -1.17. The largest absolute Gasteiger partial charge is 0.490 e. The Labute approximate surface area is 126 Å². The summed E-state index contributed by atoms with van der Waals surface area (Å²) >= 11 is 3.54. The molecule has 1 aromatic carbocycles. The van der Waals surface area contributed by atoms with Crippen molar-refractivity contribution in [3.63, 3.8) is 0 Å². The number of rotatable bonds is 4. The van der Waals surface area contributed by atoms with Crippen LogP contribution in [0.5, 0.6) is 5.75 Å². The molecule has 0 aliphatic carbocycles. The van der Waals surface area contributed by atoms with Crippen molar-refractivity contribution in [2.75, 3.05) is 39.5 Å². The highest BCUT2D eigenvalue weighted by Gasteiger charge is 2.11. The molecule has 1 fully saturated rings. The Kier molecular flexibility index (Phi) is 4.50. The molecule has 0 N–H and O–H groups in total. The van der Waals surface area contributed by atoms with Crippen molar-refractivity contribution in [1.82, 2.24) is 9.88 Å². The maximum atomic E-state index is 5.91. The van der Waals surface area contributed by atoms with E-state index in [0.717, 1.165) is 54.0 Å². The van der Waals surface area contributed by atoms with Crippen LogP contribution < -0.4 is 4.74 Å². The van der Waals surface area contributed by atoms with E-state index in [4.69, 9.17) is 9.47 Å². The standard InChI is InChI=1S/C15H17BrN2O2/c16-13-3-4-14(15-12(13)2-1-5-17-15)20-11-8-18-6-9-19-10-7-18/h1-5H,6-11H2. The number of fused-ring (bicyclic) bond motifs is 1. The highest BCUT2D eigenvalue weighted by molar-refractivity contribution is 9.10. The van der Waals surface area contributed by atoms with Crippen LogP contribution in [0, 0.1) is 0 Å². The van der Waals surface area contributed by atoms with Gasteiger partial charge in [-0.05, 0) is 18.2 Å². The number of morpholine rings is 1. The Balaban J connectivity index is 1.67. The average molecular weight is 337 g/mol. The summed E-state index contributed by atoms with van der Waals surface area (Å²) in [6.07, 6.45) is 1.80. The number of aromatic nitrogens is 1. The van der Waals surface area contributed by atoms with E-state index in [-0.39, 0.29) is 0 Å². The lowest BCUT2D eigenvalue weighted by molar-refractivity contribution is 0.0323. The summed E-state index contributed by atoms with van der Waals surface area (Å²) in [6, 6.07) is 7.96. The summed E-state index contributed by atoms with van der Waals surface area (Å²) in [7, 11) is 0. The first-order chi connectivity index (χ1) is 9.84. The van der Waals surface area contributed by atoms with Crippen LogP contribution in [0.3, 0.4) is 0 Å². The van der Waals surface area contributed by atoms with Crippen molar-refractivity contribution in [1.29, 1.82) is 0 Å². The monoisotopic (exact) mass is 336 g/mol. The van der Waals surface area contributed by atoms with Gasteiger partial charge in [0.2, 0.25) is 0 Å². The molecule has 0 amide bonds. The van der Waals surface area contributed by atoms with E-state index >= 15 is 0 Å². The zero-order valence-electron chi connectivity index (χ0n) is 11.2. The number of ether oxygens (including phenoxy) is 2. The Morgan fingerprint density at radius 1 is 1.25 bits per heavy atom. The van der Waals surface area contributed by atoms with Gasteiger partial charge in [0, 0.05) is 35.7 Å². The quantitative estimate of drug-likeness (QED) is 0.859. The minimum absolute atomic E-state index is 0.674. The zero-order chi connectivity index (χ0) is 13.8. The van der Waals surface area contributed by atoms with Crippen molar-refractivity contribution in [3.8, 4) is 5.75 Å². The molecule has 0 spiro atoms. The van der Waals surface area contributed by atoms with Gasteiger partial charge in [-0.25, -0.2) is 0 Å². The molecular weight excluding hydrogens is 320 g/mol. The predicted molar refractivity (Wildman–Crippen MR) is 82.2 cm³/mol. The molecule has 1 saturated heterocycles. The van der Waals surface area contributed by atoms with Gasteiger partial charge < -0.3 is 9.47 Å². The van der Waals surface area contributed by atoms with Gasteiger partial charge in [-0.1, -0.05) is 22.0 Å². The summed E-state index contributed by atoms with van der Waals surface area (Å²) in [5.74, 6) is 0.844. The van der Waals surface area contributed by atoms with Gasteiger partial charge in [0.05, 0.1) is 13.2 Å². The van der Waals surface area contributed by atoms with Gasteiger partial charge in [0.1, 0.15) is 17.9 Å². The highest BCUT2D eigenvalue weighted by atomic mass is 79.9. The molecule has 0 unspecified atom stereocenters. The molecule has 0 atom stereocenters. The van der Waals surface area contributed by atoms with Crippen LogP contribution in [-0.4, -0.2) is 49.3 Å². The van der Waals surface area contributed by atoms with Gasteiger partial charge in [-0.15, -0.1) is 0 Å². The molecule has 1 aliphatic rings. The Morgan fingerprint density at radius 2 is 2.10 bits per heavy atom. The van der Waals surface area contributed by atoms with E-state index in [0.29, 0.717) is 6.61 Å². The summed E-state index contributed by atoms with van der Waals surface area (Å²) < 4.78 is 12.3. The number of hydrogen-bond acceptors (Lipinski definition) is 4. The number of pyridine rings is 1. The number of benzene rings is 1. The number of nitrogens with zero attached hydrogens (tertiary/aromatic N) is 2. The van der Waals surface area contributed by atoms with E-state index in [1.54, 1.807) is 6.20 Å². The van der Waals surface area contributed by atoms with Crippen LogP contribution in [0.4, 0.5) is 0 Å². The molecule has 0 saturated carbocycles. The van der Waals surface area contributed by atoms with Gasteiger partial charge in [-0.2, -0.15) is 0 Å². The van der Waals surface area contributed by atoms with E-state index in [9.17, 15) is 0 Å². The highest BCUT2D eigenvalue weighted by Crippen LogP contribution is 2.29. The molecule has 1 aliphatic heterocycles. The smallest absolute Gasteiger partial charge is 0.145 e. The molecule has 4 nitrogen and oxygen atoms in total.